The van der Waals surface area contributed by atoms with E-state index in [1.54, 1.807) is 18.5 Å². The highest BCUT2D eigenvalue weighted by molar-refractivity contribution is 5.74. The highest BCUT2D eigenvalue weighted by Crippen LogP contribution is 2.23. The summed E-state index contributed by atoms with van der Waals surface area (Å²) in [7, 11) is 1.57. The molecule has 1 aliphatic rings. The predicted molar refractivity (Wildman–Crippen MR) is 87.8 cm³/mol. The molecule has 8 nitrogen and oxygen atoms in total. The van der Waals surface area contributed by atoms with Crippen molar-refractivity contribution in [2.24, 2.45) is 7.05 Å². The standard InChI is InChI=1S/C15H23N5O3/c1-9(21)8-20-11-12(19(2)15(23)18-13(11)22)17-14(20)16-10-6-4-3-5-7-10/h9-10,21H,3-8H2,1-2H3,(H,16,17)(H,18,22,23)/t9-/m1/s1. The SMILES string of the molecule is C[C@@H](O)Cn1c(NC2CCCCC2)nc2c1c(=O)[nH]c(=O)n2C. The predicted octanol–water partition coefficient (Wildman–Crippen LogP) is 0.549. The molecule has 0 amide bonds. The molecule has 1 fully saturated rings. The normalized spacial score (nSPS) is 17.5. The number of anilines is 1. The van der Waals surface area contributed by atoms with E-state index >= 15 is 0 Å². The highest BCUT2D eigenvalue weighted by Gasteiger charge is 2.21. The molecule has 8 heteroatoms. The first kappa shape index (κ1) is 15.8. The number of hydrogen-bond acceptors (Lipinski definition) is 5. The lowest BCUT2D eigenvalue weighted by Gasteiger charge is -2.23. The Balaban J connectivity index is 2.11. The van der Waals surface area contributed by atoms with Crippen molar-refractivity contribution in [2.45, 2.75) is 57.7 Å². The Labute approximate surface area is 133 Å². The van der Waals surface area contributed by atoms with E-state index in [2.05, 4.69) is 15.3 Å². The molecule has 2 heterocycles. The quantitative estimate of drug-likeness (QED) is 0.763. The number of aliphatic hydroxyl groups excluding tert-OH is 1. The molecule has 3 rings (SSSR count). The van der Waals surface area contributed by atoms with E-state index in [0.29, 0.717) is 23.2 Å². The first-order valence-corrected chi connectivity index (χ1v) is 8.11. The van der Waals surface area contributed by atoms with Crippen LogP contribution in [-0.4, -0.2) is 36.4 Å². The number of imidazole rings is 1. The summed E-state index contributed by atoms with van der Waals surface area (Å²) in [6.07, 6.45) is 5.09. The van der Waals surface area contributed by atoms with Gasteiger partial charge in [0.25, 0.3) is 5.56 Å². The summed E-state index contributed by atoms with van der Waals surface area (Å²) in [5.41, 5.74) is -0.328. The number of aromatic amines is 1. The Morgan fingerprint density at radius 1 is 1.35 bits per heavy atom. The molecule has 0 bridgehead atoms. The Morgan fingerprint density at radius 2 is 2.04 bits per heavy atom. The molecule has 0 radical (unpaired) electrons. The molecule has 1 saturated carbocycles. The topological polar surface area (TPSA) is 105 Å². The summed E-state index contributed by atoms with van der Waals surface area (Å²) in [4.78, 5) is 30.8. The Bertz CT molecular complexity index is 811. The minimum absolute atomic E-state index is 0.243. The van der Waals surface area contributed by atoms with Crippen LogP contribution in [0.5, 0.6) is 0 Å². The second-order valence-corrected chi connectivity index (χ2v) is 6.36. The first-order valence-electron chi connectivity index (χ1n) is 8.11. The third kappa shape index (κ3) is 3.03. The molecule has 2 aromatic heterocycles. The van der Waals surface area contributed by atoms with Gasteiger partial charge in [-0.15, -0.1) is 0 Å². The molecule has 2 aromatic rings. The van der Waals surface area contributed by atoms with Gasteiger partial charge in [-0.2, -0.15) is 4.98 Å². The largest absolute Gasteiger partial charge is 0.392 e. The van der Waals surface area contributed by atoms with E-state index in [-0.39, 0.29) is 6.54 Å². The van der Waals surface area contributed by atoms with Gasteiger partial charge in [0.1, 0.15) is 0 Å². The van der Waals surface area contributed by atoms with E-state index in [1.165, 1.54) is 23.8 Å². The molecule has 23 heavy (non-hydrogen) atoms. The molecular weight excluding hydrogens is 298 g/mol. The zero-order chi connectivity index (χ0) is 16.6. The second-order valence-electron chi connectivity index (χ2n) is 6.36. The van der Waals surface area contributed by atoms with Crippen molar-refractivity contribution in [1.29, 1.82) is 0 Å². The summed E-state index contributed by atoms with van der Waals surface area (Å²) in [6, 6.07) is 0.310. The maximum absolute atomic E-state index is 12.2. The Hall–Kier alpha value is -2.09. The van der Waals surface area contributed by atoms with Crippen LogP contribution in [-0.2, 0) is 13.6 Å². The lowest BCUT2D eigenvalue weighted by Crippen LogP contribution is -2.30. The number of nitrogens with zero attached hydrogens (tertiary/aromatic N) is 3. The van der Waals surface area contributed by atoms with Crippen LogP contribution in [0.1, 0.15) is 39.0 Å². The summed E-state index contributed by atoms with van der Waals surface area (Å²) in [5, 5.41) is 13.2. The number of rotatable bonds is 4. The van der Waals surface area contributed by atoms with Crippen molar-refractivity contribution in [3.63, 3.8) is 0 Å². The summed E-state index contributed by atoms with van der Waals surface area (Å²) in [5.74, 6) is 0.541. The zero-order valence-corrected chi connectivity index (χ0v) is 13.5. The smallest absolute Gasteiger partial charge is 0.329 e. The van der Waals surface area contributed by atoms with Crippen LogP contribution in [0.4, 0.5) is 5.95 Å². The number of aromatic nitrogens is 4. The van der Waals surface area contributed by atoms with Gasteiger partial charge in [0, 0.05) is 13.1 Å². The van der Waals surface area contributed by atoms with Gasteiger partial charge in [-0.3, -0.25) is 14.3 Å². The number of aliphatic hydroxyl groups is 1. The Morgan fingerprint density at radius 3 is 2.70 bits per heavy atom. The average Bonchev–Trinajstić information content (AvgIpc) is 2.84. The highest BCUT2D eigenvalue weighted by atomic mass is 16.3. The van der Waals surface area contributed by atoms with E-state index < -0.39 is 17.4 Å². The van der Waals surface area contributed by atoms with Crippen LogP contribution in [0.25, 0.3) is 11.2 Å². The van der Waals surface area contributed by atoms with Crippen LogP contribution in [0.3, 0.4) is 0 Å². The fourth-order valence-electron chi connectivity index (χ4n) is 3.22. The fraction of sp³-hybridized carbons (Fsp3) is 0.667. The molecule has 0 spiro atoms. The van der Waals surface area contributed by atoms with Gasteiger partial charge >= 0.3 is 5.69 Å². The number of fused-ring (bicyclic) bond motifs is 1. The van der Waals surface area contributed by atoms with Crippen molar-refractivity contribution in [3.8, 4) is 0 Å². The number of nitrogens with one attached hydrogen (secondary N) is 2. The van der Waals surface area contributed by atoms with E-state index in [0.717, 1.165) is 12.8 Å². The van der Waals surface area contributed by atoms with Gasteiger partial charge in [0.05, 0.1) is 12.6 Å². The molecule has 0 aromatic carbocycles. The lowest BCUT2D eigenvalue weighted by atomic mass is 9.96. The van der Waals surface area contributed by atoms with E-state index in [9.17, 15) is 14.7 Å². The van der Waals surface area contributed by atoms with Crippen LogP contribution in [0.2, 0.25) is 0 Å². The van der Waals surface area contributed by atoms with E-state index in [4.69, 9.17) is 0 Å². The van der Waals surface area contributed by atoms with Crippen molar-refractivity contribution >= 4 is 17.1 Å². The minimum atomic E-state index is -0.629. The number of hydrogen-bond donors (Lipinski definition) is 3. The monoisotopic (exact) mass is 321 g/mol. The molecular formula is C15H23N5O3. The van der Waals surface area contributed by atoms with Gasteiger partial charge in [0.2, 0.25) is 5.95 Å². The van der Waals surface area contributed by atoms with Gasteiger partial charge < -0.3 is 15.0 Å². The molecule has 0 saturated heterocycles. The van der Waals surface area contributed by atoms with Crippen LogP contribution < -0.4 is 16.6 Å². The maximum Gasteiger partial charge on any atom is 0.329 e. The van der Waals surface area contributed by atoms with Gasteiger partial charge in [-0.05, 0) is 19.8 Å². The Kier molecular flexibility index (Phi) is 4.25. The molecule has 0 aliphatic heterocycles. The van der Waals surface area contributed by atoms with Crippen molar-refractivity contribution in [1.82, 2.24) is 19.1 Å². The van der Waals surface area contributed by atoms with Gasteiger partial charge in [0.15, 0.2) is 11.2 Å². The van der Waals surface area contributed by atoms with Crippen molar-refractivity contribution < 1.29 is 5.11 Å². The summed E-state index contributed by atoms with van der Waals surface area (Å²) < 4.78 is 2.99. The van der Waals surface area contributed by atoms with Gasteiger partial charge in [-0.1, -0.05) is 19.3 Å². The molecule has 0 unspecified atom stereocenters. The summed E-state index contributed by atoms with van der Waals surface area (Å²) in [6.45, 7) is 1.90. The van der Waals surface area contributed by atoms with Crippen LogP contribution >= 0.6 is 0 Å². The van der Waals surface area contributed by atoms with Gasteiger partial charge in [-0.25, -0.2) is 4.79 Å². The third-order valence-corrected chi connectivity index (χ3v) is 4.39. The number of H-pyrrole nitrogens is 1. The lowest BCUT2D eigenvalue weighted by molar-refractivity contribution is 0.175. The molecule has 3 N–H and O–H groups in total. The van der Waals surface area contributed by atoms with Crippen molar-refractivity contribution in [2.75, 3.05) is 5.32 Å². The maximum atomic E-state index is 12.2. The first-order chi connectivity index (χ1) is 11.0. The fourth-order valence-corrected chi connectivity index (χ4v) is 3.22. The molecule has 1 atom stereocenters. The average molecular weight is 321 g/mol. The van der Waals surface area contributed by atoms with Crippen LogP contribution in [0, 0.1) is 0 Å². The molecule has 126 valence electrons. The third-order valence-electron chi connectivity index (χ3n) is 4.39. The summed E-state index contributed by atoms with van der Waals surface area (Å²) >= 11 is 0. The second kappa shape index (κ2) is 6.19. The minimum Gasteiger partial charge on any atom is -0.392 e. The van der Waals surface area contributed by atoms with E-state index in [1.807, 2.05) is 0 Å². The number of aryl methyl sites for hydroxylation is 1. The molecule has 1 aliphatic carbocycles. The zero-order valence-electron chi connectivity index (χ0n) is 13.5. The van der Waals surface area contributed by atoms with Crippen LogP contribution in [0.15, 0.2) is 9.59 Å². The van der Waals surface area contributed by atoms with Crippen molar-refractivity contribution in [3.05, 3.63) is 20.8 Å².